The van der Waals surface area contributed by atoms with Gasteiger partial charge in [-0.1, -0.05) is 63.7 Å². The summed E-state index contributed by atoms with van der Waals surface area (Å²) in [7, 11) is -2.40. The molecule has 0 rings (SSSR count). The Balaban J connectivity index is 4.77. The van der Waals surface area contributed by atoms with Crippen molar-refractivity contribution >= 4 is 118 Å². The fraction of sp³-hybridized carbons (Fsp3) is 1.00. The van der Waals surface area contributed by atoms with Crippen LogP contribution in [-0.2, 0) is 13.6 Å². The van der Waals surface area contributed by atoms with E-state index in [0.717, 1.165) is 0 Å². The Morgan fingerprint density at radius 3 is 1.29 bits per heavy atom. The molecule has 0 aliphatic rings. The van der Waals surface area contributed by atoms with Crippen LogP contribution < -0.4 is 0 Å². The van der Waals surface area contributed by atoms with Crippen molar-refractivity contribution in [1.29, 1.82) is 0 Å². The van der Waals surface area contributed by atoms with Crippen LogP contribution in [0.15, 0.2) is 0 Å². The van der Waals surface area contributed by atoms with Crippen molar-refractivity contribution in [3.63, 3.8) is 0 Å². The monoisotopic (exact) mass is 697 g/mol. The van der Waals surface area contributed by atoms with Gasteiger partial charge in [0.15, 0.2) is 0 Å². The molecule has 0 aliphatic heterocycles. The van der Waals surface area contributed by atoms with Crippen molar-refractivity contribution in [3.8, 4) is 0 Å². The molecule has 0 bridgehead atoms. The molecule has 0 fully saturated rings. The van der Waals surface area contributed by atoms with Crippen LogP contribution in [-0.4, -0.2) is 56.0 Å². The van der Waals surface area contributed by atoms with Crippen LogP contribution in [0, 0.1) is 11.8 Å². The molecule has 12 heteroatoms. The number of halogens is 8. The Hall–Kier alpha value is 3.10. The molecule has 0 aromatic rings. The summed E-state index contributed by atoms with van der Waals surface area (Å²) >= 11 is 37.9. The molecule has 6 atom stereocenters. The molecule has 0 saturated carbocycles. The molecule has 0 saturated heterocycles. The Morgan fingerprint density at radius 1 is 0.750 bits per heavy atom. The largest absolute Gasteiger partial charge is 0.698 e. The normalized spacial score (nSPS) is 20.1. The summed E-state index contributed by atoms with van der Waals surface area (Å²) in [5.74, 6) is 0.669. The van der Waals surface area contributed by atoms with Gasteiger partial charge in [-0.05, 0) is 0 Å². The molecule has 144 valence electrons. The number of rotatable bonds is 14. The number of hydrogen-bond donors (Lipinski definition) is 0. The van der Waals surface area contributed by atoms with Crippen molar-refractivity contribution in [2.45, 2.75) is 23.0 Å². The maximum atomic E-state index is 12.2. The second-order valence-electron chi connectivity index (χ2n) is 4.85. The summed E-state index contributed by atoms with van der Waals surface area (Å²) in [6.45, 7) is 0. The van der Waals surface area contributed by atoms with Gasteiger partial charge in [-0.25, -0.2) is 0 Å². The fourth-order valence-corrected chi connectivity index (χ4v) is 8.22. The zero-order valence-corrected chi connectivity index (χ0v) is 22.7. The highest BCUT2D eigenvalue weighted by Gasteiger charge is 2.40. The van der Waals surface area contributed by atoms with Gasteiger partial charge in [0.05, 0.1) is 10.8 Å². The first kappa shape index (κ1) is 27.1. The third kappa shape index (κ3) is 9.54. The molecule has 0 aliphatic carbocycles. The molecule has 0 radical (unpaired) electrons. The van der Waals surface area contributed by atoms with Gasteiger partial charge in [0.25, 0.3) is 0 Å². The van der Waals surface area contributed by atoms with Gasteiger partial charge in [0.1, 0.15) is 12.2 Å². The van der Waals surface area contributed by atoms with Crippen LogP contribution in [0.5, 0.6) is 0 Å². The minimum Gasteiger partial charge on any atom is -0.126 e. The van der Waals surface area contributed by atoms with Gasteiger partial charge < -0.3 is 0 Å². The van der Waals surface area contributed by atoms with E-state index < -0.39 is 31.2 Å². The minimum atomic E-state index is -2.40. The molecule has 3 nitrogen and oxygen atoms in total. The third-order valence-electron chi connectivity index (χ3n) is 3.15. The lowest BCUT2D eigenvalue weighted by molar-refractivity contribution is 0.133. The van der Waals surface area contributed by atoms with Gasteiger partial charge >= 0.3 is 8.25 Å². The minimum absolute atomic E-state index is 0.0268. The Bertz CT molecular complexity index is 324. The van der Waals surface area contributed by atoms with Crippen LogP contribution in [0.4, 0.5) is 0 Å². The fourth-order valence-electron chi connectivity index (χ4n) is 1.62. The molecule has 0 heterocycles. The molecule has 0 N–H and O–H groups in total. The standard InChI is InChI=1S/C12H18Br4Cl4O3P/c13-1-7(5-17)11(19)9(3-15)22-24(21)23-10(4-16)12(20)8(2-14)6-18/h7-12H,1-6H2/q+1/t7?,8?,9?,10?,11-,12-/m0/s1. The Kier molecular flexibility index (Phi) is 18.0. The van der Waals surface area contributed by atoms with E-state index in [1.54, 1.807) is 0 Å². The van der Waals surface area contributed by atoms with Gasteiger partial charge in [0, 0.05) is 49.5 Å². The van der Waals surface area contributed by atoms with Gasteiger partial charge in [-0.15, -0.1) is 55.5 Å². The number of alkyl halides is 8. The molecule has 0 spiro atoms. The zero-order valence-electron chi connectivity index (χ0n) is 12.4. The van der Waals surface area contributed by atoms with Crippen LogP contribution in [0.2, 0.25) is 0 Å². The number of hydrogen-bond acceptors (Lipinski definition) is 3. The second kappa shape index (κ2) is 16.0. The van der Waals surface area contributed by atoms with E-state index in [4.69, 9.17) is 55.5 Å². The van der Waals surface area contributed by atoms with Gasteiger partial charge in [-0.3, -0.25) is 0 Å². The van der Waals surface area contributed by atoms with Gasteiger partial charge in [0.2, 0.25) is 0 Å². The summed E-state index contributed by atoms with van der Waals surface area (Å²) in [5.41, 5.74) is 0. The molecular weight excluding hydrogens is 685 g/mol. The smallest absolute Gasteiger partial charge is 0.126 e. The van der Waals surface area contributed by atoms with E-state index in [1.165, 1.54) is 0 Å². The predicted molar refractivity (Wildman–Crippen MR) is 120 cm³/mol. The van der Waals surface area contributed by atoms with Crippen LogP contribution in [0.3, 0.4) is 0 Å². The molecular formula is C12H18Br4Cl4O3P+. The molecule has 0 amide bonds. The van der Waals surface area contributed by atoms with E-state index >= 15 is 0 Å². The van der Waals surface area contributed by atoms with Crippen molar-refractivity contribution in [1.82, 2.24) is 0 Å². The highest BCUT2D eigenvalue weighted by Crippen LogP contribution is 2.36. The first-order chi connectivity index (χ1) is 11.4. The molecule has 0 aromatic heterocycles. The average molecular weight is 703 g/mol. The maximum absolute atomic E-state index is 12.2. The lowest BCUT2D eigenvalue weighted by Gasteiger charge is -2.23. The highest BCUT2D eigenvalue weighted by atomic mass is 79.9. The Morgan fingerprint density at radius 2 is 1.08 bits per heavy atom. The van der Waals surface area contributed by atoms with Crippen LogP contribution in [0.25, 0.3) is 0 Å². The van der Waals surface area contributed by atoms with E-state index in [9.17, 15) is 4.57 Å². The Labute approximate surface area is 198 Å². The lowest BCUT2D eigenvalue weighted by Crippen LogP contribution is -2.35. The average Bonchev–Trinajstić information content (AvgIpc) is 2.59. The van der Waals surface area contributed by atoms with Crippen LogP contribution in [0.1, 0.15) is 0 Å². The van der Waals surface area contributed by atoms with E-state index in [-0.39, 0.29) is 11.8 Å². The van der Waals surface area contributed by atoms with Crippen molar-refractivity contribution < 1.29 is 13.6 Å². The van der Waals surface area contributed by atoms with E-state index in [1.807, 2.05) is 0 Å². The highest BCUT2D eigenvalue weighted by molar-refractivity contribution is 9.09. The topological polar surface area (TPSA) is 35.5 Å². The van der Waals surface area contributed by atoms with Crippen LogP contribution >= 0.6 is 118 Å². The summed E-state index contributed by atoms with van der Waals surface area (Å²) < 4.78 is 23.2. The summed E-state index contributed by atoms with van der Waals surface area (Å²) in [6, 6.07) is 0. The summed E-state index contributed by atoms with van der Waals surface area (Å²) in [4.78, 5) is 0. The quantitative estimate of drug-likeness (QED) is 0.146. The molecule has 24 heavy (non-hydrogen) atoms. The van der Waals surface area contributed by atoms with Crippen molar-refractivity contribution in [2.75, 3.05) is 33.1 Å². The maximum Gasteiger partial charge on any atom is 0.698 e. The van der Waals surface area contributed by atoms with Gasteiger partial charge in [-0.2, -0.15) is 0 Å². The SMILES string of the molecule is O=[P+](OC(CBr)[C@@H](Cl)C(CCl)CBr)OC(CBr)[C@@H](Cl)C(CCl)CBr. The zero-order chi connectivity index (χ0) is 18.7. The first-order valence-corrected chi connectivity index (χ1v) is 14.4. The summed E-state index contributed by atoms with van der Waals surface area (Å²) in [6.07, 6.45) is -1.03. The van der Waals surface area contributed by atoms with Crippen molar-refractivity contribution in [2.24, 2.45) is 11.8 Å². The first-order valence-electron chi connectivity index (χ1n) is 6.84. The third-order valence-corrected chi connectivity index (χ3v) is 9.04. The molecule has 4 unspecified atom stereocenters. The van der Waals surface area contributed by atoms with E-state index in [2.05, 4.69) is 63.7 Å². The second-order valence-corrected chi connectivity index (χ2v) is 9.93. The summed E-state index contributed by atoms with van der Waals surface area (Å²) in [5, 5.41) is 1.20. The predicted octanol–water partition coefficient (Wildman–Crippen LogP) is 6.92. The lowest BCUT2D eigenvalue weighted by atomic mass is 10.1. The molecule has 0 aromatic carbocycles. The van der Waals surface area contributed by atoms with E-state index in [0.29, 0.717) is 33.1 Å². The van der Waals surface area contributed by atoms with Crippen molar-refractivity contribution in [3.05, 3.63) is 0 Å².